The van der Waals surface area contributed by atoms with Gasteiger partial charge in [0.15, 0.2) is 0 Å². The minimum Gasteiger partial charge on any atom is -0.392 e. The molecule has 1 fully saturated rings. The van der Waals surface area contributed by atoms with Crippen molar-refractivity contribution < 1.29 is 5.11 Å². The summed E-state index contributed by atoms with van der Waals surface area (Å²) in [5, 5.41) is 8.96. The van der Waals surface area contributed by atoms with Gasteiger partial charge in [0.05, 0.1) is 6.61 Å². The molecule has 1 saturated carbocycles. The highest BCUT2D eigenvalue weighted by molar-refractivity contribution is 5.21. The van der Waals surface area contributed by atoms with Gasteiger partial charge in [-0.15, -0.1) is 0 Å². The van der Waals surface area contributed by atoms with Crippen LogP contribution >= 0.6 is 0 Å². The monoisotopic (exact) mass is 138 g/mol. The van der Waals surface area contributed by atoms with Gasteiger partial charge in [0, 0.05) is 0 Å². The molecule has 0 spiro atoms. The van der Waals surface area contributed by atoms with Gasteiger partial charge in [0.25, 0.3) is 0 Å². The van der Waals surface area contributed by atoms with E-state index in [2.05, 4.69) is 0 Å². The molecule has 0 saturated heterocycles. The third-order valence-corrected chi connectivity index (χ3v) is 2.93. The summed E-state index contributed by atoms with van der Waals surface area (Å²) in [6.45, 7) is 0.325. The van der Waals surface area contributed by atoms with Crippen LogP contribution in [-0.4, -0.2) is 11.7 Å². The molecule has 0 aromatic rings. The van der Waals surface area contributed by atoms with Crippen molar-refractivity contribution in [3.05, 3.63) is 11.1 Å². The Kier molecular flexibility index (Phi) is 1.53. The first-order valence-electron chi connectivity index (χ1n) is 4.21. The fraction of sp³-hybridized carbons (Fsp3) is 0.778. The maximum atomic E-state index is 8.96. The Morgan fingerprint density at radius 2 is 2.00 bits per heavy atom. The maximum Gasteiger partial charge on any atom is 0.0644 e. The van der Waals surface area contributed by atoms with Crippen molar-refractivity contribution in [2.45, 2.75) is 32.1 Å². The summed E-state index contributed by atoms with van der Waals surface area (Å²) in [5.41, 5.74) is 2.94. The summed E-state index contributed by atoms with van der Waals surface area (Å²) < 4.78 is 0. The summed E-state index contributed by atoms with van der Waals surface area (Å²) in [6, 6.07) is 0. The smallest absolute Gasteiger partial charge is 0.0644 e. The second-order valence-corrected chi connectivity index (χ2v) is 3.51. The minimum atomic E-state index is 0.325. The quantitative estimate of drug-likeness (QED) is 0.548. The van der Waals surface area contributed by atoms with Crippen molar-refractivity contribution in [3.8, 4) is 0 Å². The first kappa shape index (κ1) is 6.41. The molecule has 0 unspecified atom stereocenters. The summed E-state index contributed by atoms with van der Waals surface area (Å²) in [7, 11) is 0. The first-order chi connectivity index (χ1) is 4.90. The molecule has 1 N–H and O–H groups in total. The minimum absolute atomic E-state index is 0.325. The van der Waals surface area contributed by atoms with Gasteiger partial charge >= 0.3 is 0 Å². The molecule has 0 aromatic heterocycles. The molecule has 0 amide bonds. The molecule has 0 aromatic carbocycles. The van der Waals surface area contributed by atoms with E-state index < -0.39 is 0 Å². The van der Waals surface area contributed by atoms with Gasteiger partial charge in [-0.2, -0.15) is 0 Å². The van der Waals surface area contributed by atoms with Crippen LogP contribution in [0.3, 0.4) is 0 Å². The largest absolute Gasteiger partial charge is 0.392 e. The van der Waals surface area contributed by atoms with E-state index in [-0.39, 0.29) is 0 Å². The van der Waals surface area contributed by atoms with E-state index in [0.717, 1.165) is 5.92 Å². The van der Waals surface area contributed by atoms with Crippen LogP contribution in [0, 0.1) is 5.92 Å². The van der Waals surface area contributed by atoms with E-state index in [4.69, 9.17) is 5.11 Å². The number of fused-ring (bicyclic) bond motifs is 3. The zero-order valence-corrected chi connectivity index (χ0v) is 6.27. The number of aliphatic hydroxyl groups is 1. The SMILES string of the molecule is OCC1=C2CCC(CC2)C1. The molecule has 3 aliphatic rings. The zero-order valence-electron chi connectivity index (χ0n) is 6.27. The lowest BCUT2D eigenvalue weighted by atomic mass is 9.74. The van der Waals surface area contributed by atoms with Crippen molar-refractivity contribution in [2.75, 3.05) is 6.61 Å². The highest BCUT2D eigenvalue weighted by Gasteiger charge is 2.25. The number of allylic oxidation sites excluding steroid dienone is 1. The molecule has 2 bridgehead atoms. The standard InChI is InChI=1S/C9H14O/c10-6-9-5-7-1-3-8(9)4-2-7/h7,10H,1-6H2. The van der Waals surface area contributed by atoms with Crippen LogP contribution in [0.2, 0.25) is 0 Å². The number of aliphatic hydroxyl groups excluding tert-OH is 1. The summed E-state index contributed by atoms with van der Waals surface area (Å²) in [6.07, 6.45) is 6.53. The molecule has 10 heavy (non-hydrogen) atoms. The Morgan fingerprint density at radius 3 is 2.30 bits per heavy atom. The van der Waals surface area contributed by atoms with Crippen LogP contribution in [0.4, 0.5) is 0 Å². The third kappa shape index (κ3) is 0.891. The van der Waals surface area contributed by atoms with Crippen molar-refractivity contribution in [2.24, 2.45) is 5.92 Å². The molecular formula is C9H14O. The first-order valence-corrected chi connectivity index (χ1v) is 4.21. The number of hydrogen-bond donors (Lipinski definition) is 1. The van der Waals surface area contributed by atoms with Gasteiger partial charge in [-0.05, 0) is 43.6 Å². The Bertz CT molecular complexity index is 160. The molecule has 0 heterocycles. The zero-order chi connectivity index (χ0) is 6.97. The van der Waals surface area contributed by atoms with Gasteiger partial charge in [0.1, 0.15) is 0 Å². The highest BCUT2D eigenvalue weighted by Crippen LogP contribution is 2.40. The van der Waals surface area contributed by atoms with Crippen molar-refractivity contribution in [1.29, 1.82) is 0 Å². The van der Waals surface area contributed by atoms with E-state index in [1.54, 1.807) is 5.57 Å². The Balaban J connectivity index is 2.22. The Hall–Kier alpha value is -0.300. The van der Waals surface area contributed by atoms with E-state index >= 15 is 0 Å². The lowest BCUT2D eigenvalue weighted by Crippen LogP contribution is -2.18. The molecule has 3 rings (SSSR count). The number of hydrogen-bond acceptors (Lipinski definition) is 1. The molecule has 0 atom stereocenters. The van der Waals surface area contributed by atoms with Gasteiger partial charge in [-0.25, -0.2) is 0 Å². The van der Waals surface area contributed by atoms with Crippen LogP contribution in [0.25, 0.3) is 0 Å². The van der Waals surface area contributed by atoms with E-state index in [9.17, 15) is 0 Å². The van der Waals surface area contributed by atoms with Crippen molar-refractivity contribution >= 4 is 0 Å². The van der Waals surface area contributed by atoms with Crippen LogP contribution in [0.1, 0.15) is 32.1 Å². The molecule has 0 radical (unpaired) electrons. The highest BCUT2D eigenvalue weighted by atomic mass is 16.3. The average Bonchev–Trinajstić information content (AvgIpc) is 2.06. The fourth-order valence-electron chi connectivity index (χ4n) is 2.25. The number of rotatable bonds is 1. The molecule has 0 aliphatic heterocycles. The van der Waals surface area contributed by atoms with Gasteiger partial charge in [-0.3, -0.25) is 0 Å². The van der Waals surface area contributed by atoms with Gasteiger partial charge in [0.2, 0.25) is 0 Å². The summed E-state index contributed by atoms with van der Waals surface area (Å²) in [4.78, 5) is 0. The predicted molar refractivity (Wildman–Crippen MR) is 40.7 cm³/mol. The second kappa shape index (κ2) is 2.39. The lowest BCUT2D eigenvalue weighted by molar-refractivity contribution is 0.287. The van der Waals surface area contributed by atoms with Gasteiger partial charge in [-0.1, -0.05) is 5.57 Å². The third-order valence-electron chi connectivity index (χ3n) is 2.93. The van der Waals surface area contributed by atoms with E-state index in [0.29, 0.717) is 6.61 Å². The molecule has 1 heteroatoms. The second-order valence-electron chi connectivity index (χ2n) is 3.51. The fourth-order valence-corrected chi connectivity index (χ4v) is 2.25. The van der Waals surface area contributed by atoms with Crippen LogP contribution in [0.15, 0.2) is 11.1 Å². The van der Waals surface area contributed by atoms with Crippen LogP contribution in [-0.2, 0) is 0 Å². The van der Waals surface area contributed by atoms with Crippen molar-refractivity contribution in [1.82, 2.24) is 0 Å². The van der Waals surface area contributed by atoms with Crippen molar-refractivity contribution in [3.63, 3.8) is 0 Å². The summed E-state index contributed by atoms with van der Waals surface area (Å²) in [5.74, 6) is 0.916. The maximum absolute atomic E-state index is 8.96. The van der Waals surface area contributed by atoms with Gasteiger partial charge < -0.3 is 5.11 Å². The summed E-state index contributed by atoms with van der Waals surface area (Å²) >= 11 is 0. The van der Waals surface area contributed by atoms with E-state index in [1.807, 2.05) is 0 Å². The molecular weight excluding hydrogens is 124 g/mol. The van der Waals surface area contributed by atoms with Crippen LogP contribution in [0.5, 0.6) is 0 Å². The Labute approximate surface area is 61.8 Å². The lowest BCUT2D eigenvalue weighted by Gasteiger charge is -2.32. The van der Waals surface area contributed by atoms with Crippen LogP contribution < -0.4 is 0 Å². The Morgan fingerprint density at radius 1 is 1.30 bits per heavy atom. The topological polar surface area (TPSA) is 20.2 Å². The molecule has 56 valence electrons. The predicted octanol–water partition coefficient (Wildman–Crippen LogP) is 1.87. The average molecular weight is 138 g/mol. The van der Waals surface area contributed by atoms with E-state index in [1.165, 1.54) is 37.7 Å². The molecule has 3 aliphatic carbocycles. The normalized spacial score (nSPS) is 26.1. The molecule has 1 nitrogen and oxygen atoms in total.